The van der Waals surface area contributed by atoms with Gasteiger partial charge in [0, 0.05) is 25.3 Å². The van der Waals surface area contributed by atoms with Gasteiger partial charge in [-0.3, -0.25) is 4.79 Å². The highest BCUT2D eigenvalue weighted by atomic mass is 16.5. The summed E-state index contributed by atoms with van der Waals surface area (Å²) in [7, 11) is -1.23. The molecule has 0 fully saturated rings. The van der Waals surface area contributed by atoms with Crippen molar-refractivity contribution in [3.05, 3.63) is 58.4 Å². The van der Waals surface area contributed by atoms with Crippen molar-refractivity contribution in [2.75, 3.05) is 0 Å². The molecule has 3 heterocycles. The number of ketones is 1. The number of aromatic nitrogens is 1. The van der Waals surface area contributed by atoms with E-state index in [2.05, 4.69) is 10.3 Å². The molecule has 0 amide bonds. The molecule has 0 bridgehead atoms. The largest absolute Gasteiger partial charge is 0.535 e. The monoisotopic (exact) mass is 352 g/mol. The minimum atomic E-state index is -1.23. The Labute approximate surface area is 150 Å². The van der Waals surface area contributed by atoms with Crippen LogP contribution in [0.3, 0.4) is 0 Å². The van der Waals surface area contributed by atoms with Gasteiger partial charge in [0.2, 0.25) is 0 Å². The molecular formula is C18H17BN2O5. The molecule has 132 valence electrons. The molecule has 8 heteroatoms. The van der Waals surface area contributed by atoms with Crippen LogP contribution in [0.5, 0.6) is 5.75 Å². The second-order valence-corrected chi connectivity index (χ2v) is 6.60. The van der Waals surface area contributed by atoms with Crippen LogP contribution >= 0.6 is 0 Å². The number of benzene rings is 1. The Balaban J connectivity index is 1.53. The molecule has 1 aromatic carbocycles. The summed E-state index contributed by atoms with van der Waals surface area (Å²) in [5, 5.41) is 22.7. The molecule has 0 spiro atoms. The molecule has 26 heavy (non-hydrogen) atoms. The molecule has 2 aromatic rings. The first-order chi connectivity index (χ1) is 12.5. The van der Waals surface area contributed by atoms with Gasteiger partial charge in [-0.15, -0.1) is 0 Å². The lowest BCUT2D eigenvalue weighted by atomic mass is 9.64. The van der Waals surface area contributed by atoms with Crippen LogP contribution in [-0.4, -0.2) is 34.0 Å². The van der Waals surface area contributed by atoms with Crippen LogP contribution in [0.2, 0.25) is 5.82 Å². The van der Waals surface area contributed by atoms with Crippen LogP contribution in [0.4, 0.5) is 0 Å². The number of carboxylic acid groups (broad SMARTS) is 1. The van der Waals surface area contributed by atoms with Crippen LogP contribution in [0.25, 0.3) is 0 Å². The minimum absolute atomic E-state index is 0.0131. The zero-order valence-electron chi connectivity index (χ0n) is 13.9. The summed E-state index contributed by atoms with van der Waals surface area (Å²) in [5.74, 6) is -1.55. The summed E-state index contributed by atoms with van der Waals surface area (Å²) in [6.07, 6.45) is 0.451. The van der Waals surface area contributed by atoms with Crippen molar-refractivity contribution in [1.29, 1.82) is 0 Å². The summed E-state index contributed by atoms with van der Waals surface area (Å²) >= 11 is 0. The van der Waals surface area contributed by atoms with Crippen LogP contribution in [0.15, 0.2) is 30.3 Å². The van der Waals surface area contributed by atoms with E-state index in [1.54, 1.807) is 18.2 Å². The Bertz CT molecular complexity index is 901. The average Bonchev–Trinajstić information content (AvgIpc) is 3.09. The maximum Gasteiger partial charge on any atom is 0.526 e. The number of carboxylic acids is 1. The second-order valence-electron chi connectivity index (χ2n) is 6.60. The van der Waals surface area contributed by atoms with Gasteiger partial charge < -0.3 is 20.1 Å². The van der Waals surface area contributed by atoms with Gasteiger partial charge in [0.1, 0.15) is 11.4 Å². The summed E-state index contributed by atoms with van der Waals surface area (Å²) < 4.78 is 5.44. The number of fused-ring (bicyclic) bond motifs is 2. The molecule has 7 nitrogen and oxygen atoms in total. The van der Waals surface area contributed by atoms with Gasteiger partial charge in [-0.2, -0.15) is 0 Å². The fourth-order valence-electron chi connectivity index (χ4n) is 3.48. The lowest BCUT2D eigenvalue weighted by Gasteiger charge is -2.27. The average molecular weight is 352 g/mol. The van der Waals surface area contributed by atoms with Crippen molar-refractivity contribution in [1.82, 2.24) is 10.3 Å². The highest BCUT2D eigenvalue weighted by Gasteiger charge is 2.38. The summed E-state index contributed by atoms with van der Waals surface area (Å²) in [6.45, 7) is 1.41. The normalized spacial score (nSPS) is 18.0. The first-order valence-electron chi connectivity index (χ1n) is 8.45. The number of hydrogen-bond acceptors (Lipinski definition) is 6. The lowest BCUT2D eigenvalue weighted by molar-refractivity contribution is 0.0693. The smallest absolute Gasteiger partial charge is 0.526 e. The van der Waals surface area contributed by atoms with Gasteiger partial charge in [-0.25, -0.2) is 9.78 Å². The van der Waals surface area contributed by atoms with Crippen LogP contribution in [0.1, 0.15) is 44.1 Å². The maximum absolute atomic E-state index is 12.6. The van der Waals surface area contributed by atoms with Crippen LogP contribution in [0, 0.1) is 0 Å². The van der Waals surface area contributed by atoms with Crippen molar-refractivity contribution >= 4 is 18.9 Å². The highest BCUT2D eigenvalue weighted by Crippen LogP contribution is 2.36. The van der Waals surface area contributed by atoms with E-state index >= 15 is 0 Å². The first kappa shape index (κ1) is 16.7. The molecule has 4 rings (SSSR count). The van der Waals surface area contributed by atoms with E-state index in [1.165, 1.54) is 6.07 Å². The second kappa shape index (κ2) is 6.55. The standard InChI is InChI=1S/C18H17BN2O5/c22-16(14-5-4-11-8-20-9-15(11)21-14)7-12-6-10-2-1-3-13(18(23)24)17(10)26-19(12)25/h1-5,12,20,25H,6-9H2,(H,23,24)/t12-/m1/s1. The molecule has 1 atom stereocenters. The zero-order chi connectivity index (χ0) is 18.3. The molecule has 2 aliphatic rings. The molecule has 3 N–H and O–H groups in total. The Morgan fingerprint density at radius 3 is 2.88 bits per heavy atom. The topological polar surface area (TPSA) is 109 Å². The Morgan fingerprint density at radius 1 is 1.23 bits per heavy atom. The molecule has 0 unspecified atom stereocenters. The summed E-state index contributed by atoms with van der Waals surface area (Å²) in [6, 6.07) is 8.43. The molecule has 0 radical (unpaired) electrons. The van der Waals surface area contributed by atoms with Crippen molar-refractivity contribution < 1.29 is 24.4 Å². The van der Waals surface area contributed by atoms with Crippen LogP contribution in [-0.2, 0) is 19.5 Å². The molecule has 0 aliphatic carbocycles. The number of rotatable bonds is 4. The number of nitrogens with one attached hydrogen (secondary N) is 1. The fraction of sp³-hybridized carbons (Fsp3) is 0.278. The molecule has 1 aromatic heterocycles. The molecule has 2 aliphatic heterocycles. The van der Waals surface area contributed by atoms with E-state index in [4.69, 9.17) is 4.65 Å². The Kier molecular flexibility index (Phi) is 4.22. The SMILES string of the molecule is O=C(C[C@H]1Cc2cccc(C(=O)O)c2OB1O)c1ccc2c(n1)CNC2. The van der Waals surface area contributed by atoms with Gasteiger partial charge in [0.15, 0.2) is 5.78 Å². The number of Topliss-reactive ketones (excluding diaryl/α,β-unsaturated/α-hetero) is 1. The zero-order valence-corrected chi connectivity index (χ0v) is 13.9. The third kappa shape index (κ3) is 2.98. The summed E-state index contributed by atoms with van der Waals surface area (Å²) in [4.78, 5) is 28.3. The number of para-hydroxylation sites is 1. The van der Waals surface area contributed by atoms with Crippen molar-refractivity contribution in [3.8, 4) is 5.75 Å². The number of hydrogen-bond donors (Lipinski definition) is 3. The number of pyridine rings is 1. The van der Waals surface area contributed by atoms with Crippen molar-refractivity contribution in [2.24, 2.45) is 0 Å². The number of nitrogens with zero attached hydrogens (tertiary/aromatic N) is 1. The van der Waals surface area contributed by atoms with E-state index in [1.807, 2.05) is 6.07 Å². The first-order valence-corrected chi connectivity index (χ1v) is 8.45. The Morgan fingerprint density at radius 2 is 2.08 bits per heavy atom. The number of aromatic carboxylic acids is 1. The lowest BCUT2D eigenvalue weighted by Crippen LogP contribution is -2.36. The van der Waals surface area contributed by atoms with Crippen LogP contribution < -0.4 is 9.97 Å². The van der Waals surface area contributed by atoms with E-state index in [0.717, 1.165) is 17.8 Å². The van der Waals surface area contributed by atoms with Gasteiger partial charge >= 0.3 is 13.1 Å². The summed E-state index contributed by atoms with van der Waals surface area (Å²) in [5.41, 5.74) is 3.05. The number of carbonyl (C=O) groups excluding carboxylic acids is 1. The van der Waals surface area contributed by atoms with Crippen molar-refractivity contribution in [2.45, 2.75) is 31.7 Å². The predicted octanol–water partition coefficient (Wildman–Crippen LogP) is 1.44. The molecular weight excluding hydrogens is 335 g/mol. The molecule has 0 saturated carbocycles. The maximum atomic E-state index is 12.6. The highest BCUT2D eigenvalue weighted by molar-refractivity contribution is 6.47. The van der Waals surface area contributed by atoms with E-state index in [9.17, 15) is 19.7 Å². The third-order valence-electron chi connectivity index (χ3n) is 4.86. The van der Waals surface area contributed by atoms with E-state index < -0.39 is 18.9 Å². The molecule has 0 saturated heterocycles. The third-order valence-corrected chi connectivity index (χ3v) is 4.86. The van der Waals surface area contributed by atoms with E-state index in [0.29, 0.717) is 24.2 Å². The number of carbonyl (C=O) groups is 2. The Hall–Kier alpha value is -2.71. The van der Waals surface area contributed by atoms with Crippen molar-refractivity contribution in [3.63, 3.8) is 0 Å². The quantitative estimate of drug-likeness (QED) is 0.564. The van der Waals surface area contributed by atoms with Gasteiger partial charge in [0.05, 0.1) is 11.3 Å². The van der Waals surface area contributed by atoms with E-state index in [-0.39, 0.29) is 23.5 Å². The predicted molar refractivity (Wildman–Crippen MR) is 93.2 cm³/mol. The minimum Gasteiger partial charge on any atom is -0.535 e. The fourth-order valence-corrected chi connectivity index (χ4v) is 3.48. The van der Waals surface area contributed by atoms with Gasteiger partial charge in [0.25, 0.3) is 0 Å². The van der Waals surface area contributed by atoms with Gasteiger partial charge in [-0.05, 0) is 29.7 Å². The van der Waals surface area contributed by atoms with Gasteiger partial charge in [-0.1, -0.05) is 18.2 Å².